The van der Waals surface area contributed by atoms with Crippen molar-refractivity contribution in [3.63, 3.8) is 0 Å². The minimum Gasteiger partial charge on any atom is -0.504 e. The molecule has 2 aromatic rings. The van der Waals surface area contributed by atoms with Gasteiger partial charge in [-0.2, -0.15) is 0 Å². The molecule has 6 heteroatoms. The molecule has 0 fully saturated rings. The van der Waals surface area contributed by atoms with E-state index in [1.165, 1.54) is 13.0 Å². The number of phenols is 1. The predicted molar refractivity (Wildman–Crippen MR) is 110 cm³/mol. The maximum atomic E-state index is 12.1. The molecule has 6 nitrogen and oxygen atoms in total. The second-order valence-electron chi connectivity index (χ2n) is 8.30. The monoisotopic (exact) mass is 371 g/mol. The topological polar surface area (TPSA) is 76.6 Å². The van der Waals surface area contributed by atoms with Crippen molar-refractivity contribution in [1.29, 1.82) is 0 Å². The van der Waals surface area contributed by atoms with Gasteiger partial charge in [-0.3, -0.25) is 9.59 Å². The molecule has 146 valence electrons. The number of Topliss-reactive ketones (excluding diaryl/α,β-unsaturated/α-hetero) is 1. The van der Waals surface area contributed by atoms with Crippen LogP contribution in [0.2, 0.25) is 0 Å². The van der Waals surface area contributed by atoms with Crippen molar-refractivity contribution in [3.8, 4) is 5.75 Å². The summed E-state index contributed by atoms with van der Waals surface area (Å²) in [4.78, 5) is 31.3. The van der Waals surface area contributed by atoms with E-state index in [9.17, 15) is 14.7 Å². The highest BCUT2D eigenvalue weighted by atomic mass is 16.3. The highest BCUT2D eigenvalue weighted by molar-refractivity contribution is 6.10. The highest BCUT2D eigenvalue weighted by Crippen LogP contribution is 2.45. The first-order valence-electron chi connectivity index (χ1n) is 9.62. The Balaban J connectivity index is 2.31. The van der Waals surface area contributed by atoms with E-state index < -0.39 is 0 Å². The molecule has 0 saturated carbocycles. The number of H-pyrrole nitrogens is 1. The lowest BCUT2D eigenvalue weighted by Crippen LogP contribution is -2.44. The van der Waals surface area contributed by atoms with Crippen LogP contribution in [0.3, 0.4) is 0 Å². The molecular formula is C21H29N3O3. The Hall–Kier alpha value is -2.50. The number of benzene rings is 1. The van der Waals surface area contributed by atoms with Crippen LogP contribution in [0, 0.1) is 11.8 Å². The van der Waals surface area contributed by atoms with Crippen LogP contribution in [-0.2, 0) is 0 Å². The summed E-state index contributed by atoms with van der Waals surface area (Å²) >= 11 is 0. The maximum absolute atomic E-state index is 12.1. The van der Waals surface area contributed by atoms with Gasteiger partial charge in [0.2, 0.25) is 5.56 Å². The minimum absolute atomic E-state index is 0.0526. The Morgan fingerprint density at radius 3 is 2.30 bits per heavy atom. The van der Waals surface area contributed by atoms with Gasteiger partial charge in [-0.25, -0.2) is 0 Å². The van der Waals surface area contributed by atoms with E-state index in [1.54, 1.807) is 0 Å². The number of hydrogen-bond donors (Lipinski definition) is 2. The van der Waals surface area contributed by atoms with E-state index >= 15 is 0 Å². The van der Waals surface area contributed by atoms with Gasteiger partial charge in [0.05, 0.1) is 11.2 Å². The van der Waals surface area contributed by atoms with Crippen LogP contribution in [0.4, 0.5) is 11.4 Å². The summed E-state index contributed by atoms with van der Waals surface area (Å²) in [5, 5.41) is 11.7. The number of hydrogen-bond acceptors (Lipinski definition) is 5. The summed E-state index contributed by atoms with van der Waals surface area (Å²) in [6, 6.07) is 3.27. The van der Waals surface area contributed by atoms with Gasteiger partial charge < -0.3 is 19.9 Å². The second-order valence-corrected chi connectivity index (χ2v) is 8.30. The lowest BCUT2D eigenvalue weighted by molar-refractivity contribution is 0.101. The molecule has 0 radical (unpaired) electrons. The maximum Gasteiger partial charge on any atom is 0.249 e. The normalized spacial score (nSPS) is 14.3. The SMILES string of the molecule is CC(=O)c1cc(=O)[nH]c2c(O)c3c(cc12)N(CC(C)C)CCN3CC(C)C. The Bertz CT molecular complexity index is 930. The summed E-state index contributed by atoms with van der Waals surface area (Å²) in [5.74, 6) is 0.773. The third-order valence-corrected chi connectivity index (χ3v) is 4.92. The Labute approximate surface area is 159 Å². The molecule has 1 aromatic carbocycles. The van der Waals surface area contributed by atoms with Crippen molar-refractivity contribution in [2.45, 2.75) is 34.6 Å². The van der Waals surface area contributed by atoms with Crippen molar-refractivity contribution < 1.29 is 9.90 Å². The number of ketones is 1. The van der Waals surface area contributed by atoms with Gasteiger partial charge in [-0.1, -0.05) is 27.7 Å². The molecule has 0 atom stereocenters. The molecule has 1 aliphatic heterocycles. The third-order valence-electron chi connectivity index (χ3n) is 4.92. The Morgan fingerprint density at radius 2 is 1.70 bits per heavy atom. The van der Waals surface area contributed by atoms with Crippen LogP contribution in [0.15, 0.2) is 16.9 Å². The molecule has 0 amide bonds. The number of aromatic hydroxyl groups is 1. The van der Waals surface area contributed by atoms with Crippen molar-refractivity contribution in [2.24, 2.45) is 11.8 Å². The summed E-state index contributed by atoms with van der Waals surface area (Å²) in [6.45, 7) is 13.4. The Morgan fingerprint density at radius 1 is 1.11 bits per heavy atom. The Kier molecular flexibility index (Phi) is 5.18. The largest absolute Gasteiger partial charge is 0.504 e. The number of aromatic amines is 1. The summed E-state index contributed by atoms with van der Waals surface area (Å²) in [6.07, 6.45) is 0. The summed E-state index contributed by atoms with van der Waals surface area (Å²) in [7, 11) is 0. The predicted octanol–water partition coefficient (Wildman–Crippen LogP) is 3.37. The van der Waals surface area contributed by atoms with Crippen molar-refractivity contribution in [1.82, 2.24) is 4.98 Å². The molecule has 0 unspecified atom stereocenters. The zero-order valence-electron chi connectivity index (χ0n) is 16.8. The fraction of sp³-hybridized carbons (Fsp3) is 0.524. The molecule has 2 heterocycles. The van der Waals surface area contributed by atoms with Crippen LogP contribution in [-0.4, -0.2) is 42.1 Å². The lowest BCUT2D eigenvalue weighted by Gasteiger charge is -2.41. The van der Waals surface area contributed by atoms with Crippen LogP contribution < -0.4 is 15.4 Å². The number of phenolic OH excluding ortho intramolecular Hbond substituents is 1. The van der Waals surface area contributed by atoms with Gasteiger partial charge in [-0.15, -0.1) is 0 Å². The molecule has 2 N–H and O–H groups in total. The van der Waals surface area contributed by atoms with Gasteiger partial charge in [0.15, 0.2) is 11.5 Å². The summed E-state index contributed by atoms with van der Waals surface area (Å²) in [5.41, 5.74) is 1.98. The number of pyridine rings is 1. The first-order valence-corrected chi connectivity index (χ1v) is 9.62. The number of rotatable bonds is 5. The quantitative estimate of drug-likeness (QED) is 0.788. The molecule has 0 aliphatic carbocycles. The van der Waals surface area contributed by atoms with Crippen molar-refractivity contribution in [3.05, 3.63) is 28.0 Å². The lowest BCUT2D eigenvalue weighted by atomic mass is 10.00. The fourth-order valence-corrected chi connectivity index (χ4v) is 3.92. The third kappa shape index (κ3) is 3.66. The smallest absolute Gasteiger partial charge is 0.249 e. The van der Waals surface area contributed by atoms with Crippen LogP contribution in [0.1, 0.15) is 45.0 Å². The van der Waals surface area contributed by atoms with Crippen LogP contribution >= 0.6 is 0 Å². The number of aromatic nitrogens is 1. The van der Waals surface area contributed by atoms with E-state index in [1.807, 2.05) is 6.07 Å². The van der Waals surface area contributed by atoms with Gasteiger partial charge in [-0.05, 0) is 24.8 Å². The standard InChI is InChI=1S/C21H29N3O3/c1-12(2)10-23-6-7-24(11-13(3)4)20-17(23)8-16-15(14(5)25)9-18(26)22-19(16)21(20)27/h8-9,12-13,27H,6-7,10-11H2,1-5H3,(H,22,26). The first-order chi connectivity index (χ1) is 12.7. The number of anilines is 2. The van der Waals surface area contributed by atoms with E-state index in [4.69, 9.17) is 0 Å². The number of carbonyl (C=O) groups excluding carboxylic acids is 1. The average molecular weight is 371 g/mol. The molecule has 1 aliphatic rings. The molecular weight excluding hydrogens is 342 g/mol. The molecule has 0 saturated heterocycles. The van der Waals surface area contributed by atoms with Crippen molar-refractivity contribution >= 4 is 28.1 Å². The van der Waals surface area contributed by atoms with E-state index in [-0.39, 0.29) is 17.1 Å². The average Bonchev–Trinajstić information content (AvgIpc) is 2.56. The van der Waals surface area contributed by atoms with E-state index in [2.05, 4.69) is 42.5 Å². The number of nitrogens with zero attached hydrogens (tertiary/aromatic N) is 2. The van der Waals surface area contributed by atoms with Gasteiger partial charge in [0, 0.05) is 43.2 Å². The number of nitrogens with one attached hydrogen (secondary N) is 1. The molecule has 1 aromatic heterocycles. The number of fused-ring (bicyclic) bond motifs is 2. The molecule has 0 spiro atoms. The minimum atomic E-state index is -0.381. The zero-order chi connectivity index (χ0) is 19.9. The molecule has 27 heavy (non-hydrogen) atoms. The molecule has 3 rings (SSSR count). The van der Waals surface area contributed by atoms with Crippen LogP contribution in [0.5, 0.6) is 5.75 Å². The molecule has 0 bridgehead atoms. The highest BCUT2D eigenvalue weighted by Gasteiger charge is 2.29. The zero-order valence-corrected chi connectivity index (χ0v) is 16.8. The van der Waals surface area contributed by atoms with E-state index in [0.29, 0.717) is 28.3 Å². The number of carbonyl (C=O) groups is 1. The van der Waals surface area contributed by atoms with Gasteiger partial charge in [0.1, 0.15) is 5.69 Å². The fourth-order valence-electron chi connectivity index (χ4n) is 3.92. The summed E-state index contributed by atoms with van der Waals surface area (Å²) < 4.78 is 0. The van der Waals surface area contributed by atoms with E-state index in [0.717, 1.165) is 37.6 Å². The first kappa shape index (κ1) is 19.3. The van der Waals surface area contributed by atoms with Crippen molar-refractivity contribution in [2.75, 3.05) is 36.0 Å². The second kappa shape index (κ2) is 7.25. The van der Waals surface area contributed by atoms with Gasteiger partial charge in [0.25, 0.3) is 0 Å². The van der Waals surface area contributed by atoms with Gasteiger partial charge >= 0.3 is 0 Å². The van der Waals surface area contributed by atoms with Crippen LogP contribution in [0.25, 0.3) is 10.9 Å².